The normalized spacial score (nSPS) is 26.5. The summed E-state index contributed by atoms with van der Waals surface area (Å²) in [6.45, 7) is 0.766. The molecule has 2 atom stereocenters. The fourth-order valence-corrected chi connectivity index (χ4v) is 2.43. The molecular formula is C14H19N. The Hall–Kier alpha value is -1.08. The molecule has 0 saturated heterocycles. The van der Waals surface area contributed by atoms with Crippen molar-refractivity contribution >= 4 is 0 Å². The molecule has 0 spiro atoms. The van der Waals surface area contributed by atoms with Crippen molar-refractivity contribution in [1.82, 2.24) is 0 Å². The van der Waals surface area contributed by atoms with Crippen molar-refractivity contribution in [3.05, 3.63) is 48.1 Å². The molecule has 15 heavy (non-hydrogen) atoms. The molecule has 0 amide bonds. The van der Waals surface area contributed by atoms with E-state index in [2.05, 4.69) is 42.5 Å². The van der Waals surface area contributed by atoms with Gasteiger partial charge in [0.2, 0.25) is 0 Å². The van der Waals surface area contributed by atoms with Gasteiger partial charge < -0.3 is 5.73 Å². The standard InChI is InChI=1S/C14H19N/c15-11-14(12-7-3-1-4-8-12)13-9-5-2-6-10-13/h1-5,7,9,12,14H,6,8,10-11,15H2. The van der Waals surface area contributed by atoms with Crippen molar-refractivity contribution in [3.8, 4) is 0 Å². The van der Waals surface area contributed by atoms with Crippen molar-refractivity contribution in [2.45, 2.75) is 19.3 Å². The average Bonchev–Trinajstić information content (AvgIpc) is 2.33. The lowest BCUT2D eigenvalue weighted by Crippen LogP contribution is -2.25. The molecule has 80 valence electrons. The number of nitrogens with two attached hydrogens (primary N) is 1. The van der Waals surface area contributed by atoms with Crippen molar-refractivity contribution in [1.29, 1.82) is 0 Å². The fraction of sp³-hybridized carbons (Fsp3) is 0.429. The molecule has 0 aromatic carbocycles. The molecule has 1 heteroatoms. The molecule has 0 aliphatic heterocycles. The van der Waals surface area contributed by atoms with Gasteiger partial charge in [0, 0.05) is 0 Å². The Bertz CT molecular complexity index is 320. The minimum atomic E-state index is 0.538. The van der Waals surface area contributed by atoms with Gasteiger partial charge in [-0.3, -0.25) is 0 Å². The number of rotatable bonds is 3. The molecule has 2 N–H and O–H groups in total. The minimum absolute atomic E-state index is 0.538. The number of hydrogen-bond acceptors (Lipinski definition) is 1. The molecule has 2 unspecified atom stereocenters. The molecule has 0 radical (unpaired) electrons. The average molecular weight is 201 g/mol. The van der Waals surface area contributed by atoms with E-state index >= 15 is 0 Å². The summed E-state index contributed by atoms with van der Waals surface area (Å²) in [7, 11) is 0. The zero-order chi connectivity index (χ0) is 10.5. The van der Waals surface area contributed by atoms with Crippen LogP contribution in [0.1, 0.15) is 19.3 Å². The van der Waals surface area contributed by atoms with Gasteiger partial charge in [-0.15, -0.1) is 0 Å². The second-order valence-electron chi connectivity index (χ2n) is 4.26. The number of allylic oxidation sites excluding steroid dienone is 7. The summed E-state index contributed by atoms with van der Waals surface area (Å²) in [4.78, 5) is 0. The Morgan fingerprint density at radius 3 is 2.80 bits per heavy atom. The molecule has 0 heterocycles. The first-order chi connectivity index (χ1) is 7.42. The Balaban J connectivity index is 2.09. The van der Waals surface area contributed by atoms with Crippen LogP contribution in [0.15, 0.2) is 48.1 Å². The summed E-state index contributed by atoms with van der Waals surface area (Å²) < 4.78 is 0. The summed E-state index contributed by atoms with van der Waals surface area (Å²) in [5.74, 6) is 1.15. The summed E-state index contributed by atoms with van der Waals surface area (Å²) in [6, 6.07) is 0. The second kappa shape index (κ2) is 5.13. The van der Waals surface area contributed by atoms with Crippen LogP contribution in [0.4, 0.5) is 0 Å². The monoisotopic (exact) mass is 201 g/mol. The van der Waals surface area contributed by atoms with Crippen LogP contribution in [0, 0.1) is 11.8 Å². The van der Waals surface area contributed by atoms with Gasteiger partial charge in [0.15, 0.2) is 0 Å². The van der Waals surface area contributed by atoms with E-state index in [1.54, 1.807) is 0 Å². The topological polar surface area (TPSA) is 26.0 Å². The largest absolute Gasteiger partial charge is 0.330 e. The lowest BCUT2D eigenvalue weighted by molar-refractivity contribution is 0.449. The Labute approximate surface area is 92.1 Å². The van der Waals surface area contributed by atoms with Gasteiger partial charge in [-0.1, -0.05) is 48.1 Å². The molecule has 0 fully saturated rings. The van der Waals surface area contributed by atoms with E-state index < -0.39 is 0 Å². The van der Waals surface area contributed by atoms with E-state index in [9.17, 15) is 0 Å². The zero-order valence-corrected chi connectivity index (χ0v) is 9.10. The lowest BCUT2D eigenvalue weighted by Gasteiger charge is -2.27. The van der Waals surface area contributed by atoms with Crippen molar-refractivity contribution in [2.24, 2.45) is 17.6 Å². The molecule has 2 rings (SSSR count). The number of hydrogen-bond donors (Lipinski definition) is 1. The first-order valence-electron chi connectivity index (χ1n) is 5.81. The van der Waals surface area contributed by atoms with Crippen molar-refractivity contribution in [3.63, 3.8) is 0 Å². The third-order valence-corrected chi connectivity index (χ3v) is 3.31. The van der Waals surface area contributed by atoms with Crippen LogP contribution < -0.4 is 5.73 Å². The third kappa shape index (κ3) is 2.48. The van der Waals surface area contributed by atoms with Gasteiger partial charge in [0.1, 0.15) is 0 Å². The molecule has 0 aromatic heterocycles. The van der Waals surface area contributed by atoms with Crippen LogP contribution in [-0.4, -0.2) is 6.54 Å². The first kappa shape index (κ1) is 10.4. The molecule has 0 saturated carbocycles. The van der Waals surface area contributed by atoms with Crippen LogP contribution in [0.2, 0.25) is 0 Å². The molecule has 2 aliphatic rings. The molecule has 0 aromatic rings. The van der Waals surface area contributed by atoms with Gasteiger partial charge in [-0.05, 0) is 37.6 Å². The first-order valence-corrected chi connectivity index (χ1v) is 5.81. The molecule has 2 aliphatic carbocycles. The molecule has 0 bridgehead atoms. The Morgan fingerprint density at radius 2 is 2.20 bits per heavy atom. The zero-order valence-electron chi connectivity index (χ0n) is 9.10. The van der Waals surface area contributed by atoms with Crippen molar-refractivity contribution in [2.75, 3.05) is 6.54 Å². The van der Waals surface area contributed by atoms with Crippen molar-refractivity contribution < 1.29 is 0 Å². The van der Waals surface area contributed by atoms with E-state index in [4.69, 9.17) is 5.73 Å². The summed E-state index contributed by atoms with van der Waals surface area (Å²) in [5.41, 5.74) is 7.44. The Kier molecular flexibility index (Phi) is 3.57. The second-order valence-corrected chi connectivity index (χ2v) is 4.26. The van der Waals surface area contributed by atoms with Crippen LogP contribution in [0.5, 0.6) is 0 Å². The fourth-order valence-electron chi connectivity index (χ4n) is 2.43. The molecule has 1 nitrogen and oxygen atoms in total. The minimum Gasteiger partial charge on any atom is -0.330 e. The Morgan fingerprint density at radius 1 is 1.27 bits per heavy atom. The maximum atomic E-state index is 5.91. The van der Waals surface area contributed by atoms with Gasteiger partial charge in [-0.2, -0.15) is 0 Å². The van der Waals surface area contributed by atoms with E-state index in [1.807, 2.05) is 0 Å². The third-order valence-electron chi connectivity index (χ3n) is 3.31. The quantitative estimate of drug-likeness (QED) is 0.746. The highest BCUT2D eigenvalue weighted by molar-refractivity contribution is 5.24. The van der Waals surface area contributed by atoms with E-state index in [0.717, 1.165) is 13.0 Å². The van der Waals surface area contributed by atoms with Crippen LogP contribution in [0.25, 0.3) is 0 Å². The highest BCUT2D eigenvalue weighted by atomic mass is 14.6. The molecular weight excluding hydrogens is 182 g/mol. The highest BCUT2D eigenvalue weighted by Gasteiger charge is 2.21. The SMILES string of the molecule is NCC(C1=CC=CCC1)C1C=CC=CC1. The highest BCUT2D eigenvalue weighted by Crippen LogP contribution is 2.30. The van der Waals surface area contributed by atoms with Crippen LogP contribution >= 0.6 is 0 Å². The van der Waals surface area contributed by atoms with E-state index in [1.165, 1.54) is 18.4 Å². The van der Waals surface area contributed by atoms with Gasteiger partial charge in [0.05, 0.1) is 0 Å². The van der Waals surface area contributed by atoms with E-state index in [-0.39, 0.29) is 0 Å². The van der Waals surface area contributed by atoms with Gasteiger partial charge in [-0.25, -0.2) is 0 Å². The van der Waals surface area contributed by atoms with Crippen LogP contribution in [-0.2, 0) is 0 Å². The predicted octanol–water partition coefficient (Wildman–Crippen LogP) is 2.97. The predicted molar refractivity (Wildman–Crippen MR) is 65.4 cm³/mol. The van der Waals surface area contributed by atoms with Gasteiger partial charge in [0.25, 0.3) is 0 Å². The van der Waals surface area contributed by atoms with Crippen LogP contribution in [0.3, 0.4) is 0 Å². The maximum absolute atomic E-state index is 5.91. The lowest BCUT2D eigenvalue weighted by atomic mass is 9.79. The smallest absolute Gasteiger partial charge is 0.000559 e. The maximum Gasteiger partial charge on any atom is -0.000559 e. The van der Waals surface area contributed by atoms with Gasteiger partial charge >= 0.3 is 0 Å². The van der Waals surface area contributed by atoms with E-state index in [0.29, 0.717) is 11.8 Å². The summed E-state index contributed by atoms with van der Waals surface area (Å²) in [5, 5.41) is 0. The summed E-state index contributed by atoms with van der Waals surface area (Å²) in [6.07, 6.45) is 19.0. The summed E-state index contributed by atoms with van der Waals surface area (Å²) >= 11 is 0.